The Morgan fingerprint density at radius 3 is 2.60 bits per heavy atom. The molecule has 0 N–H and O–H groups in total. The molecule has 0 spiro atoms. The fourth-order valence-corrected chi connectivity index (χ4v) is 3.84. The number of ether oxygens (including phenoxy) is 1. The minimum Gasteiger partial charge on any atom is -0.405 e. The van der Waals surface area contributed by atoms with Gasteiger partial charge in [0.05, 0.1) is 16.8 Å². The van der Waals surface area contributed by atoms with Crippen LogP contribution in [0.2, 0.25) is 0 Å². The highest BCUT2D eigenvalue weighted by molar-refractivity contribution is 9.10. The normalized spacial score (nSPS) is 15.1. The molecule has 1 aliphatic rings. The quantitative estimate of drug-likeness (QED) is 0.633. The Balaban J connectivity index is 1.93. The highest BCUT2D eigenvalue weighted by Crippen LogP contribution is 2.45. The summed E-state index contributed by atoms with van der Waals surface area (Å²) in [5.74, 6) is 0.523. The molecule has 0 amide bonds. The molecule has 9 heteroatoms. The van der Waals surface area contributed by atoms with E-state index in [0.29, 0.717) is 21.9 Å². The molecule has 4 rings (SSSR count). The first-order valence-corrected chi connectivity index (χ1v) is 8.48. The van der Waals surface area contributed by atoms with Gasteiger partial charge in [-0.05, 0) is 34.8 Å². The van der Waals surface area contributed by atoms with Gasteiger partial charge in [0.1, 0.15) is 16.2 Å². The van der Waals surface area contributed by atoms with E-state index in [1.165, 1.54) is 6.07 Å². The minimum absolute atomic E-state index is 0.285. The van der Waals surface area contributed by atoms with E-state index in [9.17, 15) is 13.2 Å². The van der Waals surface area contributed by atoms with Crippen LogP contribution in [0.1, 0.15) is 24.5 Å². The number of benzene rings is 1. The Morgan fingerprint density at radius 2 is 1.96 bits per heavy atom. The first-order chi connectivity index (χ1) is 11.7. The van der Waals surface area contributed by atoms with Crippen molar-refractivity contribution >= 4 is 26.8 Å². The molecule has 132 valence electrons. The van der Waals surface area contributed by atoms with Crippen molar-refractivity contribution in [2.24, 2.45) is 14.1 Å². The number of hydrogen-bond donors (Lipinski definition) is 0. The summed E-state index contributed by atoms with van der Waals surface area (Å²) in [5, 5.41) is 4.88. The summed E-state index contributed by atoms with van der Waals surface area (Å²) in [6.45, 7) is 0. The predicted octanol–water partition coefficient (Wildman–Crippen LogP) is 4.51. The third-order valence-corrected chi connectivity index (χ3v) is 4.83. The Labute approximate surface area is 149 Å². The first-order valence-electron chi connectivity index (χ1n) is 7.68. The summed E-state index contributed by atoms with van der Waals surface area (Å²) in [4.78, 5) is 4.45. The monoisotopic (exact) mass is 414 g/mol. The van der Waals surface area contributed by atoms with Gasteiger partial charge in [-0.1, -0.05) is 0 Å². The zero-order chi connectivity index (χ0) is 17.9. The number of hydrogen-bond acceptors (Lipinski definition) is 3. The topological polar surface area (TPSA) is 44.9 Å². The molecule has 0 unspecified atom stereocenters. The average molecular weight is 415 g/mol. The van der Waals surface area contributed by atoms with E-state index in [-0.39, 0.29) is 11.3 Å². The van der Waals surface area contributed by atoms with Crippen molar-refractivity contribution in [3.05, 3.63) is 28.6 Å². The van der Waals surface area contributed by atoms with Crippen molar-refractivity contribution < 1.29 is 17.9 Å². The largest absolute Gasteiger partial charge is 0.573 e. The molecule has 1 aromatic carbocycles. The van der Waals surface area contributed by atoms with Crippen LogP contribution in [0.15, 0.2) is 22.9 Å². The zero-order valence-electron chi connectivity index (χ0n) is 13.4. The van der Waals surface area contributed by atoms with Crippen LogP contribution in [-0.4, -0.2) is 25.7 Å². The predicted molar refractivity (Wildman–Crippen MR) is 89.3 cm³/mol. The molecule has 0 bridgehead atoms. The second kappa shape index (κ2) is 5.48. The number of imidazole rings is 1. The highest BCUT2D eigenvalue weighted by Gasteiger charge is 2.35. The van der Waals surface area contributed by atoms with E-state index in [4.69, 9.17) is 0 Å². The molecule has 0 aliphatic heterocycles. The van der Waals surface area contributed by atoms with Gasteiger partial charge in [-0.2, -0.15) is 5.10 Å². The van der Waals surface area contributed by atoms with Crippen LogP contribution >= 0.6 is 15.9 Å². The van der Waals surface area contributed by atoms with Crippen LogP contribution < -0.4 is 4.74 Å². The van der Waals surface area contributed by atoms with Crippen LogP contribution in [0.4, 0.5) is 13.2 Å². The van der Waals surface area contributed by atoms with E-state index < -0.39 is 6.36 Å². The molecule has 0 saturated heterocycles. The van der Waals surface area contributed by atoms with E-state index in [1.54, 1.807) is 24.0 Å². The van der Waals surface area contributed by atoms with E-state index >= 15 is 0 Å². The van der Waals surface area contributed by atoms with Crippen LogP contribution in [0.25, 0.3) is 22.3 Å². The van der Waals surface area contributed by atoms with Crippen molar-refractivity contribution in [3.8, 4) is 17.1 Å². The molecule has 1 saturated carbocycles. The first kappa shape index (κ1) is 16.4. The lowest BCUT2D eigenvalue weighted by atomic mass is 10.1. The summed E-state index contributed by atoms with van der Waals surface area (Å²) in [5.41, 5.74) is 1.72. The third kappa shape index (κ3) is 3.01. The second-order valence-electron chi connectivity index (χ2n) is 6.20. The van der Waals surface area contributed by atoms with Gasteiger partial charge in [0.15, 0.2) is 0 Å². The lowest BCUT2D eigenvalue weighted by molar-refractivity contribution is -0.274. The number of fused-ring (bicyclic) bond motifs is 1. The van der Waals surface area contributed by atoms with Crippen LogP contribution in [0.3, 0.4) is 0 Å². The number of aromatic nitrogens is 4. The van der Waals surface area contributed by atoms with Gasteiger partial charge in [-0.15, -0.1) is 13.2 Å². The summed E-state index contributed by atoms with van der Waals surface area (Å²) >= 11 is 3.43. The van der Waals surface area contributed by atoms with Gasteiger partial charge in [0.25, 0.3) is 0 Å². The summed E-state index contributed by atoms with van der Waals surface area (Å²) < 4.78 is 47.0. The fraction of sp³-hybridized carbons (Fsp3) is 0.375. The molecular weight excluding hydrogens is 401 g/mol. The number of nitrogens with zero attached hydrogens (tertiary/aromatic N) is 4. The van der Waals surface area contributed by atoms with E-state index in [0.717, 1.165) is 23.9 Å². The second-order valence-corrected chi connectivity index (χ2v) is 6.95. The lowest BCUT2D eigenvalue weighted by Gasteiger charge is -2.14. The smallest absolute Gasteiger partial charge is 0.405 e. The van der Waals surface area contributed by atoms with Crippen LogP contribution in [0, 0.1) is 0 Å². The van der Waals surface area contributed by atoms with Gasteiger partial charge >= 0.3 is 6.36 Å². The van der Waals surface area contributed by atoms with Gasteiger partial charge in [0.2, 0.25) is 0 Å². The molecule has 3 aromatic rings. The third-order valence-electron chi connectivity index (χ3n) is 4.25. The average Bonchev–Trinajstić information content (AvgIpc) is 3.17. The molecule has 0 radical (unpaired) electrons. The molecule has 0 atom stereocenters. The Morgan fingerprint density at radius 1 is 1.24 bits per heavy atom. The van der Waals surface area contributed by atoms with Crippen molar-refractivity contribution in [3.63, 3.8) is 0 Å². The summed E-state index contributed by atoms with van der Waals surface area (Å²) in [7, 11) is 3.53. The molecule has 2 aromatic heterocycles. The standard InChI is InChI=1S/C16H14BrF3N4O/c1-23-7-9-5-10(12(6-11(9)22-23)25-16(18,19)20)15-21-14(17)13(24(15)2)8-3-4-8/h5-8H,3-4H2,1-2H3. The maximum Gasteiger partial charge on any atom is 0.573 e. The summed E-state index contributed by atoms with van der Waals surface area (Å²) in [6, 6.07) is 2.94. The number of alkyl halides is 3. The van der Waals surface area contributed by atoms with Crippen molar-refractivity contribution in [1.82, 2.24) is 19.3 Å². The zero-order valence-corrected chi connectivity index (χ0v) is 15.0. The van der Waals surface area contributed by atoms with Gasteiger partial charge in [0, 0.05) is 37.7 Å². The van der Waals surface area contributed by atoms with Gasteiger partial charge < -0.3 is 9.30 Å². The molecule has 1 fully saturated rings. The lowest BCUT2D eigenvalue weighted by Crippen LogP contribution is -2.18. The number of halogens is 4. The van der Waals surface area contributed by atoms with E-state index in [2.05, 4.69) is 30.7 Å². The Kier molecular flexibility index (Phi) is 3.61. The number of aryl methyl sites for hydroxylation is 1. The highest BCUT2D eigenvalue weighted by atomic mass is 79.9. The van der Waals surface area contributed by atoms with Crippen LogP contribution in [0.5, 0.6) is 5.75 Å². The van der Waals surface area contributed by atoms with Crippen LogP contribution in [-0.2, 0) is 14.1 Å². The molecular formula is C16H14BrF3N4O. The molecule has 25 heavy (non-hydrogen) atoms. The minimum atomic E-state index is -4.79. The number of rotatable bonds is 3. The maximum absolute atomic E-state index is 12.9. The molecule has 1 aliphatic carbocycles. The fourth-order valence-electron chi connectivity index (χ4n) is 3.08. The van der Waals surface area contributed by atoms with Gasteiger partial charge in [-0.3, -0.25) is 4.68 Å². The van der Waals surface area contributed by atoms with Crippen molar-refractivity contribution in [2.45, 2.75) is 25.1 Å². The van der Waals surface area contributed by atoms with Crippen molar-refractivity contribution in [1.29, 1.82) is 0 Å². The maximum atomic E-state index is 12.9. The Hall–Kier alpha value is -2.03. The Bertz CT molecular complexity index is 972. The molecule has 5 nitrogen and oxygen atoms in total. The summed E-state index contributed by atoms with van der Waals surface area (Å²) in [6.07, 6.45) is -0.925. The van der Waals surface area contributed by atoms with E-state index in [1.807, 2.05) is 11.6 Å². The van der Waals surface area contributed by atoms with Gasteiger partial charge in [-0.25, -0.2) is 4.98 Å². The van der Waals surface area contributed by atoms with Crippen molar-refractivity contribution in [2.75, 3.05) is 0 Å². The molecule has 2 heterocycles. The SMILES string of the molecule is Cn1cc2cc(-c3nc(Br)c(C4CC4)n3C)c(OC(F)(F)F)cc2n1.